The lowest BCUT2D eigenvalue weighted by molar-refractivity contribution is 1.24. The third-order valence-electron chi connectivity index (χ3n) is 10.6. The third-order valence-corrected chi connectivity index (χ3v) is 10.6. The van der Waals surface area contributed by atoms with Crippen molar-refractivity contribution in [3.8, 4) is 0 Å². The van der Waals surface area contributed by atoms with Crippen LogP contribution in [0, 0.1) is 0 Å². The quantitative estimate of drug-likeness (QED) is 0.108. The number of rotatable bonds is 13. The Kier molecular flexibility index (Phi) is 11.7. The molecule has 9 aromatic rings. The number of nitrogens with zero attached hydrogens (tertiary/aromatic N) is 3. The fourth-order valence-electron chi connectivity index (χ4n) is 7.56. The maximum Gasteiger partial charge on any atom is 0.0463 e. The van der Waals surface area contributed by atoms with Gasteiger partial charge in [-0.3, -0.25) is 0 Å². The molecule has 292 valence electrons. The first-order valence-electron chi connectivity index (χ1n) is 20.7. The van der Waals surface area contributed by atoms with E-state index in [-0.39, 0.29) is 0 Å². The van der Waals surface area contributed by atoms with Gasteiger partial charge in [0.05, 0.1) is 0 Å². The summed E-state index contributed by atoms with van der Waals surface area (Å²) >= 11 is 0. The molecular weight excluding hydrogens is 739 g/mol. The first-order chi connectivity index (χ1) is 30.2. The van der Waals surface area contributed by atoms with Gasteiger partial charge >= 0.3 is 0 Å². The van der Waals surface area contributed by atoms with Gasteiger partial charge in [-0.1, -0.05) is 164 Å². The van der Waals surface area contributed by atoms with E-state index in [2.05, 4.69) is 276 Å². The molecule has 0 N–H and O–H groups in total. The monoisotopic (exact) mass is 783 g/mol. The minimum absolute atomic E-state index is 1.07. The zero-order valence-corrected chi connectivity index (χ0v) is 33.8. The molecule has 3 heteroatoms. The Morgan fingerprint density at radius 3 is 0.557 bits per heavy atom. The number of benzene rings is 9. The number of hydrogen-bond donors (Lipinski definition) is 0. The normalized spacial score (nSPS) is 11.1. The first-order valence-corrected chi connectivity index (χ1v) is 20.7. The fourth-order valence-corrected chi connectivity index (χ4v) is 7.56. The van der Waals surface area contributed by atoms with Crippen LogP contribution < -0.4 is 14.7 Å². The van der Waals surface area contributed by atoms with Gasteiger partial charge in [-0.05, 0) is 131 Å². The fraction of sp³-hybridized carbons (Fsp3) is 0. The van der Waals surface area contributed by atoms with Crippen molar-refractivity contribution in [3.05, 3.63) is 271 Å². The van der Waals surface area contributed by atoms with E-state index in [0.717, 1.165) is 62.3 Å². The summed E-state index contributed by atoms with van der Waals surface area (Å²) < 4.78 is 0. The second-order valence-corrected chi connectivity index (χ2v) is 14.7. The lowest BCUT2D eigenvalue weighted by Crippen LogP contribution is -2.13. The molecule has 9 rings (SSSR count). The molecule has 0 radical (unpaired) electrons. The molecule has 9 aromatic carbocycles. The predicted octanol–water partition coefficient (Wildman–Crippen LogP) is 16.4. The lowest BCUT2D eigenvalue weighted by Gasteiger charge is -2.29. The molecule has 0 aliphatic heterocycles. The Morgan fingerprint density at radius 2 is 0.328 bits per heavy atom. The van der Waals surface area contributed by atoms with Crippen molar-refractivity contribution in [2.45, 2.75) is 0 Å². The minimum atomic E-state index is 1.07. The molecule has 0 saturated carbocycles. The van der Waals surface area contributed by atoms with Crippen LogP contribution in [0.2, 0.25) is 0 Å². The highest BCUT2D eigenvalue weighted by Crippen LogP contribution is 2.41. The summed E-state index contributed by atoms with van der Waals surface area (Å²) in [5.41, 5.74) is 14.4. The van der Waals surface area contributed by atoms with Gasteiger partial charge in [0.25, 0.3) is 0 Å². The molecule has 0 saturated heterocycles. The van der Waals surface area contributed by atoms with Crippen molar-refractivity contribution in [2.75, 3.05) is 14.7 Å². The van der Waals surface area contributed by atoms with E-state index in [0.29, 0.717) is 0 Å². The molecule has 0 spiro atoms. The van der Waals surface area contributed by atoms with E-state index in [1.807, 2.05) is 12.1 Å². The van der Waals surface area contributed by atoms with Gasteiger partial charge in [0, 0.05) is 51.2 Å². The number of para-hydroxylation sites is 3. The summed E-state index contributed by atoms with van der Waals surface area (Å²) in [4.78, 5) is 6.93. The van der Waals surface area contributed by atoms with Crippen molar-refractivity contribution >= 4 is 75.5 Å². The van der Waals surface area contributed by atoms with Crippen molar-refractivity contribution in [2.24, 2.45) is 0 Å². The van der Waals surface area contributed by atoms with Crippen molar-refractivity contribution in [1.29, 1.82) is 0 Å². The number of anilines is 9. The molecular formula is C58H45N3. The van der Waals surface area contributed by atoms with Crippen molar-refractivity contribution in [1.82, 2.24) is 0 Å². The Bertz CT molecular complexity index is 2610. The van der Waals surface area contributed by atoms with E-state index in [4.69, 9.17) is 0 Å². The van der Waals surface area contributed by atoms with Gasteiger partial charge in [0.2, 0.25) is 0 Å². The highest BCUT2D eigenvalue weighted by atomic mass is 15.2. The summed E-state index contributed by atoms with van der Waals surface area (Å²) in [6.07, 6.45) is 8.62. The van der Waals surface area contributed by atoms with Crippen LogP contribution in [0.5, 0.6) is 0 Å². The molecule has 0 fully saturated rings. The smallest absolute Gasteiger partial charge is 0.0463 e. The van der Waals surface area contributed by atoms with E-state index in [1.165, 1.54) is 11.1 Å². The molecule has 0 aliphatic carbocycles. The summed E-state index contributed by atoms with van der Waals surface area (Å²) in [5, 5.41) is 0. The topological polar surface area (TPSA) is 9.72 Å². The summed E-state index contributed by atoms with van der Waals surface area (Å²) in [5.74, 6) is 0. The molecule has 0 bridgehead atoms. The zero-order valence-electron chi connectivity index (χ0n) is 33.8. The van der Waals surface area contributed by atoms with E-state index in [1.54, 1.807) is 0 Å². The van der Waals surface area contributed by atoms with Crippen LogP contribution in [-0.2, 0) is 0 Å². The maximum absolute atomic E-state index is 2.31. The molecule has 3 nitrogen and oxygen atoms in total. The average molecular weight is 784 g/mol. The second-order valence-electron chi connectivity index (χ2n) is 14.7. The minimum Gasteiger partial charge on any atom is -0.311 e. The number of hydrogen-bond acceptors (Lipinski definition) is 3. The van der Waals surface area contributed by atoms with Gasteiger partial charge in [0.15, 0.2) is 0 Å². The molecule has 0 atom stereocenters. The standard InChI is InChI=1S/C58H45N3/c1-6-16-46(17-7-1)26-28-48-30-34-53(35-31-48)59(50-20-10-3-11-21-50)55-38-42-57(43-39-55)61(52-24-14-5-15-25-52)58-44-40-56(41-45-58)60(51-22-12-4-13-23-51)54-36-32-49(33-37-54)29-27-47-18-8-2-9-19-47/h1-45H/b28-26-,29-27-. The van der Waals surface area contributed by atoms with E-state index in [9.17, 15) is 0 Å². The van der Waals surface area contributed by atoms with Crippen LogP contribution in [0.15, 0.2) is 249 Å². The van der Waals surface area contributed by atoms with Crippen LogP contribution >= 0.6 is 0 Å². The Morgan fingerprint density at radius 1 is 0.164 bits per heavy atom. The van der Waals surface area contributed by atoms with Gasteiger partial charge in [-0.2, -0.15) is 0 Å². The van der Waals surface area contributed by atoms with Gasteiger partial charge in [0.1, 0.15) is 0 Å². The average Bonchev–Trinajstić information content (AvgIpc) is 3.34. The van der Waals surface area contributed by atoms with Gasteiger partial charge < -0.3 is 14.7 Å². The summed E-state index contributed by atoms with van der Waals surface area (Å²) in [6.45, 7) is 0. The molecule has 0 heterocycles. The molecule has 0 amide bonds. The molecule has 61 heavy (non-hydrogen) atoms. The predicted molar refractivity (Wildman–Crippen MR) is 261 cm³/mol. The van der Waals surface area contributed by atoms with Crippen LogP contribution in [0.4, 0.5) is 51.2 Å². The van der Waals surface area contributed by atoms with Gasteiger partial charge in [-0.25, -0.2) is 0 Å². The highest BCUT2D eigenvalue weighted by molar-refractivity contribution is 5.84. The second kappa shape index (κ2) is 18.6. The first kappa shape index (κ1) is 38.4. The van der Waals surface area contributed by atoms with E-state index < -0.39 is 0 Å². The van der Waals surface area contributed by atoms with Crippen molar-refractivity contribution < 1.29 is 0 Å². The highest BCUT2D eigenvalue weighted by Gasteiger charge is 2.18. The SMILES string of the molecule is C(=C/c1ccc(N(c2ccccc2)c2ccc(N(c3ccccc3)c3ccc(N(c4ccccc4)c4ccc(/C=C\c5ccccc5)cc4)cc3)cc2)cc1)/c1ccccc1. The molecule has 0 aromatic heterocycles. The van der Waals surface area contributed by atoms with Crippen LogP contribution in [-0.4, -0.2) is 0 Å². The Hall–Kier alpha value is -8.14. The largest absolute Gasteiger partial charge is 0.311 e. The maximum atomic E-state index is 2.31. The summed E-state index contributed by atoms with van der Waals surface area (Å²) in [7, 11) is 0. The Labute approximate surface area is 359 Å². The summed E-state index contributed by atoms with van der Waals surface area (Å²) in [6, 6.07) is 87.7. The van der Waals surface area contributed by atoms with Gasteiger partial charge in [-0.15, -0.1) is 0 Å². The lowest BCUT2D eigenvalue weighted by atomic mass is 10.1. The van der Waals surface area contributed by atoms with Crippen molar-refractivity contribution in [3.63, 3.8) is 0 Å². The Balaban J connectivity index is 1.01. The molecule has 0 aliphatic rings. The van der Waals surface area contributed by atoms with Crippen LogP contribution in [0.25, 0.3) is 24.3 Å². The van der Waals surface area contributed by atoms with Crippen LogP contribution in [0.3, 0.4) is 0 Å². The third kappa shape index (κ3) is 9.28. The van der Waals surface area contributed by atoms with E-state index >= 15 is 0 Å². The zero-order chi connectivity index (χ0) is 41.1. The molecule has 0 unspecified atom stereocenters. The van der Waals surface area contributed by atoms with Crippen LogP contribution in [0.1, 0.15) is 22.3 Å².